The van der Waals surface area contributed by atoms with Gasteiger partial charge in [-0.3, -0.25) is 0 Å². The van der Waals surface area contributed by atoms with Crippen molar-refractivity contribution in [2.24, 2.45) is 0 Å². The SMILES string of the molecule is [2H]c1c([2H])c([2H])c(-c2cc3ccccc3cc2Nc2ccccc2)c([2H])c1[2H]. The van der Waals surface area contributed by atoms with Crippen molar-refractivity contribution in [1.82, 2.24) is 0 Å². The summed E-state index contributed by atoms with van der Waals surface area (Å²) in [6.45, 7) is 0. The zero-order valence-electron chi connectivity index (χ0n) is 17.4. The molecule has 1 heteroatoms. The van der Waals surface area contributed by atoms with Gasteiger partial charge in [0, 0.05) is 16.9 Å². The maximum atomic E-state index is 8.36. The van der Waals surface area contributed by atoms with Crippen molar-refractivity contribution in [3.8, 4) is 11.1 Å². The molecule has 0 bridgehead atoms. The van der Waals surface area contributed by atoms with Gasteiger partial charge in [-0.1, -0.05) is 72.7 Å². The second-order valence-corrected chi connectivity index (χ2v) is 5.24. The molecule has 0 radical (unpaired) electrons. The number of fused-ring (bicyclic) bond motifs is 1. The largest absolute Gasteiger partial charge is 0.355 e. The Morgan fingerprint density at radius 2 is 1.35 bits per heavy atom. The van der Waals surface area contributed by atoms with Crippen LogP contribution in [0, 0.1) is 0 Å². The lowest BCUT2D eigenvalue weighted by atomic mass is 9.99. The lowest BCUT2D eigenvalue weighted by molar-refractivity contribution is 1.55. The number of hydrogen-bond acceptors (Lipinski definition) is 1. The maximum Gasteiger partial charge on any atom is 0.0629 e. The Labute approximate surface area is 143 Å². The van der Waals surface area contributed by atoms with Gasteiger partial charge in [-0.15, -0.1) is 0 Å². The molecule has 0 aromatic heterocycles. The van der Waals surface area contributed by atoms with Crippen LogP contribution in [0.4, 0.5) is 11.4 Å². The molecule has 0 atom stereocenters. The fraction of sp³-hybridized carbons (Fsp3) is 0. The van der Waals surface area contributed by atoms with Crippen molar-refractivity contribution in [3.05, 3.63) is 96.9 Å². The number of nitrogens with one attached hydrogen (secondary N) is 1. The monoisotopic (exact) mass is 300 g/mol. The Balaban J connectivity index is 2.02. The average Bonchev–Trinajstić information content (AvgIpc) is 2.72. The first-order valence-electron chi connectivity index (χ1n) is 9.89. The van der Waals surface area contributed by atoms with Crippen LogP contribution in [0.15, 0.2) is 96.9 Å². The molecule has 0 aliphatic heterocycles. The van der Waals surface area contributed by atoms with Crippen LogP contribution in [0.25, 0.3) is 21.9 Å². The van der Waals surface area contributed by atoms with Crippen molar-refractivity contribution >= 4 is 22.1 Å². The minimum absolute atomic E-state index is 0.190. The fourth-order valence-corrected chi connectivity index (χ4v) is 2.61. The zero-order chi connectivity index (χ0) is 19.8. The van der Waals surface area contributed by atoms with Crippen LogP contribution < -0.4 is 5.32 Å². The third kappa shape index (κ3) is 2.82. The summed E-state index contributed by atoms with van der Waals surface area (Å²) in [6.07, 6.45) is 0. The van der Waals surface area contributed by atoms with Crippen molar-refractivity contribution in [1.29, 1.82) is 0 Å². The predicted octanol–water partition coefficient (Wildman–Crippen LogP) is 6.25. The molecule has 0 fully saturated rings. The third-order valence-electron chi connectivity index (χ3n) is 3.71. The van der Waals surface area contributed by atoms with Gasteiger partial charge in [0.25, 0.3) is 0 Å². The minimum Gasteiger partial charge on any atom is -0.355 e. The molecule has 110 valence electrons. The topological polar surface area (TPSA) is 12.0 Å². The maximum absolute atomic E-state index is 8.36. The van der Waals surface area contributed by atoms with E-state index < -0.39 is 6.04 Å². The van der Waals surface area contributed by atoms with Gasteiger partial charge in [-0.25, -0.2) is 0 Å². The Bertz CT molecular complexity index is 1160. The van der Waals surface area contributed by atoms with Crippen LogP contribution in [0.3, 0.4) is 0 Å². The molecule has 23 heavy (non-hydrogen) atoms. The summed E-state index contributed by atoms with van der Waals surface area (Å²) in [6, 6.07) is 19.7. The Hall–Kier alpha value is -3.06. The van der Waals surface area contributed by atoms with Crippen molar-refractivity contribution < 1.29 is 6.85 Å². The third-order valence-corrected chi connectivity index (χ3v) is 3.71. The Morgan fingerprint density at radius 1 is 0.696 bits per heavy atom. The molecule has 1 N–H and O–H groups in total. The lowest BCUT2D eigenvalue weighted by Gasteiger charge is -2.14. The van der Waals surface area contributed by atoms with E-state index in [1.54, 1.807) is 0 Å². The van der Waals surface area contributed by atoms with Gasteiger partial charge in [0.15, 0.2) is 0 Å². The molecule has 4 aromatic carbocycles. The van der Waals surface area contributed by atoms with E-state index >= 15 is 0 Å². The molecule has 4 aromatic rings. The highest BCUT2D eigenvalue weighted by molar-refractivity contribution is 5.95. The lowest BCUT2D eigenvalue weighted by Crippen LogP contribution is -1.93. The van der Waals surface area contributed by atoms with Crippen LogP contribution in [0.5, 0.6) is 0 Å². The van der Waals surface area contributed by atoms with Crippen LogP contribution in [-0.2, 0) is 0 Å². The van der Waals surface area contributed by atoms with Crippen molar-refractivity contribution in [3.63, 3.8) is 0 Å². The number of benzene rings is 4. The van der Waals surface area contributed by atoms with Crippen LogP contribution in [0.2, 0.25) is 0 Å². The highest BCUT2D eigenvalue weighted by Crippen LogP contribution is 2.34. The zero-order valence-corrected chi connectivity index (χ0v) is 12.4. The number of para-hydroxylation sites is 1. The molecule has 0 saturated carbocycles. The van der Waals surface area contributed by atoms with E-state index in [1.807, 2.05) is 66.7 Å². The molecule has 0 saturated heterocycles. The number of anilines is 2. The molecule has 4 rings (SSSR count). The molecule has 0 spiro atoms. The summed E-state index contributed by atoms with van der Waals surface area (Å²) < 4.78 is 40.6. The number of hydrogen-bond donors (Lipinski definition) is 1. The van der Waals surface area contributed by atoms with Gasteiger partial charge in [0.2, 0.25) is 0 Å². The van der Waals surface area contributed by atoms with Crippen LogP contribution in [0.1, 0.15) is 6.85 Å². The second-order valence-electron chi connectivity index (χ2n) is 5.24. The summed E-state index contributed by atoms with van der Waals surface area (Å²) in [5.41, 5.74) is 2.30. The summed E-state index contributed by atoms with van der Waals surface area (Å²) in [5.74, 6) is 0. The predicted molar refractivity (Wildman–Crippen MR) is 99.1 cm³/mol. The Kier molecular flexibility index (Phi) is 2.38. The number of rotatable bonds is 3. The van der Waals surface area contributed by atoms with Crippen molar-refractivity contribution in [2.45, 2.75) is 0 Å². The standard InChI is InChI=1S/C22H17N/c1-3-9-17(10-4-1)21-15-18-11-7-8-12-19(18)16-22(21)23-20-13-5-2-6-14-20/h1-16,23H/i1D,3D,4D,9D,10D. The van der Waals surface area contributed by atoms with Gasteiger partial charge in [-0.05, 0) is 40.6 Å². The molecule has 0 amide bonds. The first kappa shape index (κ1) is 9.16. The summed E-state index contributed by atoms with van der Waals surface area (Å²) in [4.78, 5) is 0. The normalized spacial score (nSPS) is 13.7. The highest BCUT2D eigenvalue weighted by Gasteiger charge is 2.07. The molecule has 0 unspecified atom stereocenters. The molecule has 0 aliphatic carbocycles. The Morgan fingerprint density at radius 3 is 2.09 bits per heavy atom. The highest BCUT2D eigenvalue weighted by atomic mass is 14.9. The van der Waals surface area contributed by atoms with Crippen molar-refractivity contribution in [2.75, 3.05) is 5.32 Å². The van der Waals surface area contributed by atoms with Crippen LogP contribution in [-0.4, -0.2) is 0 Å². The molecule has 0 aliphatic rings. The molecular weight excluding hydrogens is 278 g/mol. The van der Waals surface area contributed by atoms with E-state index in [1.165, 1.54) is 0 Å². The van der Waals surface area contributed by atoms with Gasteiger partial charge in [-0.2, -0.15) is 0 Å². The van der Waals surface area contributed by atoms with Gasteiger partial charge < -0.3 is 5.32 Å². The summed E-state index contributed by atoms with van der Waals surface area (Å²) >= 11 is 0. The van der Waals surface area contributed by atoms with Gasteiger partial charge in [0.05, 0.1) is 6.85 Å². The van der Waals surface area contributed by atoms with Crippen LogP contribution >= 0.6 is 0 Å². The molecule has 0 heterocycles. The smallest absolute Gasteiger partial charge is 0.0629 e. The summed E-state index contributed by atoms with van der Waals surface area (Å²) in [5, 5.41) is 5.27. The molecular formula is C22H17N. The van der Waals surface area contributed by atoms with E-state index in [9.17, 15) is 0 Å². The van der Waals surface area contributed by atoms with E-state index in [-0.39, 0.29) is 29.7 Å². The molecule has 1 nitrogen and oxygen atoms in total. The van der Waals surface area contributed by atoms with E-state index in [0.29, 0.717) is 11.3 Å². The average molecular weight is 300 g/mol. The minimum atomic E-state index is -0.392. The van der Waals surface area contributed by atoms with Gasteiger partial charge in [0.1, 0.15) is 0 Å². The summed E-state index contributed by atoms with van der Waals surface area (Å²) in [7, 11) is 0. The quantitative estimate of drug-likeness (QED) is 0.471. The second kappa shape index (κ2) is 5.98. The first-order chi connectivity index (χ1) is 13.5. The van der Waals surface area contributed by atoms with E-state index in [0.717, 1.165) is 16.5 Å². The fourth-order valence-electron chi connectivity index (χ4n) is 2.61. The van der Waals surface area contributed by atoms with E-state index in [4.69, 9.17) is 6.85 Å². The van der Waals surface area contributed by atoms with E-state index in [2.05, 4.69) is 5.32 Å². The van der Waals surface area contributed by atoms with Gasteiger partial charge >= 0.3 is 0 Å². The first-order valence-corrected chi connectivity index (χ1v) is 7.39.